The van der Waals surface area contributed by atoms with E-state index < -0.39 is 5.41 Å². The van der Waals surface area contributed by atoms with Crippen molar-refractivity contribution >= 4 is 0 Å². The van der Waals surface area contributed by atoms with Gasteiger partial charge in [-0.05, 0) is 85.9 Å². The lowest BCUT2D eigenvalue weighted by Crippen LogP contribution is -2.32. The maximum atomic E-state index is 10.2. The van der Waals surface area contributed by atoms with E-state index >= 15 is 0 Å². The third kappa shape index (κ3) is 5.43. The van der Waals surface area contributed by atoms with Crippen LogP contribution in [0.2, 0.25) is 0 Å². The van der Waals surface area contributed by atoms with E-state index in [2.05, 4.69) is 76.3 Å². The van der Waals surface area contributed by atoms with Crippen molar-refractivity contribution in [3.8, 4) is 11.8 Å². The number of benzene rings is 2. The Kier molecular flexibility index (Phi) is 8.50. The van der Waals surface area contributed by atoms with Gasteiger partial charge >= 0.3 is 0 Å². The molecule has 3 nitrogen and oxygen atoms in total. The Hall–Kier alpha value is -2.31. The molecule has 0 amide bonds. The van der Waals surface area contributed by atoms with E-state index in [9.17, 15) is 5.26 Å². The van der Waals surface area contributed by atoms with Crippen LogP contribution in [0, 0.1) is 38.0 Å². The number of rotatable bonds is 10. The van der Waals surface area contributed by atoms with Gasteiger partial charge in [0.05, 0.1) is 18.6 Å². The van der Waals surface area contributed by atoms with Gasteiger partial charge in [0, 0.05) is 6.54 Å². The Morgan fingerprint density at radius 2 is 1.70 bits per heavy atom. The van der Waals surface area contributed by atoms with Crippen LogP contribution >= 0.6 is 0 Å². The van der Waals surface area contributed by atoms with E-state index in [1.54, 1.807) is 7.11 Å². The average molecular weight is 407 g/mol. The summed E-state index contributed by atoms with van der Waals surface area (Å²) in [5.74, 6) is 1.55. The molecule has 1 N–H and O–H groups in total. The van der Waals surface area contributed by atoms with Gasteiger partial charge in [-0.1, -0.05) is 51.1 Å². The third-order valence-electron chi connectivity index (χ3n) is 6.58. The SMILES string of the molecule is COc1cc(C(C#N)(CCCNCC(C)c2ccc(C)c(C)c2)C(C)C)ccc1C. The van der Waals surface area contributed by atoms with Gasteiger partial charge < -0.3 is 10.1 Å². The summed E-state index contributed by atoms with van der Waals surface area (Å²) in [6.07, 6.45) is 1.79. The zero-order valence-electron chi connectivity index (χ0n) is 19.8. The normalized spacial score (nSPS) is 14.2. The minimum Gasteiger partial charge on any atom is -0.496 e. The number of methoxy groups -OCH3 is 1. The van der Waals surface area contributed by atoms with Gasteiger partial charge in [-0.25, -0.2) is 0 Å². The summed E-state index contributed by atoms with van der Waals surface area (Å²) < 4.78 is 5.51. The van der Waals surface area contributed by atoms with Crippen molar-refractivity contribution in [2.75, 3.05) is 20.2 Å². The first-order valence-corrected chi connectivity index (χ1v) is 11.1. The van der Waals surface area contributed by atoms with Crippen LogP contribution in [0.3, 0.4) is 0 Å². The molecule has 0 saturated heterocycles. The quantitative estimate of drug-likeness (QED) is 0.477. The van der Waals surface area contributed by atoms with Crippen LogP contribution in [0.25, 0.3) is 0 Å². The predicted molar refractivity (Wildman–Crippen MR) is 126 cm³/mol. The smallest absolute Gasteiger partial charge is 0.122 e. The molecule has 0 spiro atoms. The fraction of sp³-hybridized carbons (Fsp3) is 0.519. The second-order valence-corrected chi connectivity index (χ2v) is 8.97. The molecule has 0 heterocycles. The van der Waals surface area contributed by atoms with Crippen molar-refractivity contribution in [2.24, 2.45) is 5.92 Å². The maximum absolute atomic E-state index is 10.2. The van der Waals surface area contributed by atoms with Crippen LogP contribution < -0.4 is 10.1 Å². The third-order valence-corrected chi connectivity index (χ3v) is 6.58. The Morgan fingerprint density at radius 1 is 1.00 bits per heavy atom. The lowest BCUT2D eigenvalue weighted by molar-refractivity contribution is 0.352. The summed E-state index contributed by atoms with van der Waals surface area (Å²) in [4.78, 5) is 0. The van der Waals surface area contributed by atoms with Gasteiger partial charge in [0.2, 0.25) is 0 Å². The summed E-state index contributed by atoms with van der Waals surface area (Å²) in [5, 5.41) is 13.8. The highest BCUT2D eigenvalue weighted by molar-refractivity contribution is 5.43. The summed E-state index contributed by atoms with van der Waals surface area (Å²) in [6.45, 7) is 14.8. The molecule has 2 unspecified atom stereocenters. The molecule has 0 fully saturated rings. The summed E-state index contributed by atoms with van der Waals surface area (Å²) >= 11 is 0. The van der Waals surface area contributed by atoms with E-state index in [1.807, 2.05) is 13.0 Å². The van der Waals surface area contributed by atoms with Gasteiger partial charge in [-0.3, -0.25) is 0 Å². The fourth-order valence-corrected chi connectivity index (χ4v) is 4.11. The molecule has 2 rings (SSSR count). The second-order valence-electron chi connectivity index (χ2n) is 8.97. The Labute approximate surface area is 183 Å². The van der Waals surface area contributed by atoms with E-state index in [0.717, 1.165) is 42.8 Å². The molecule has 0 aliphatic rings. The maximum Gasteiger partial charge on any atom is 0.122 e. The summed E-state index contributed by atoms with van der Waals surface area (Å²) in [7, 11) is 1.69. The van der Waals surface area contributed by atoms with Crippen molar-refractivity contribution in [1.82, 2.24) is 5.32 Å². The number of nitrogens with zero attached hydrogens (tertiary/aromatic N) is 1. The molecule has 0 saturated carbocycles. The monoisotopic (exact) mass is 406 g/mol. The molecule has 0 aromatic heterocycles. The first kappa shape index (κ1) is 24.0. The van der Waals surface area contributed by atoms with Crippen molar-refractivity contribution in [3.63, 3.8) is 0 Å². The minimum atomic E-state index is -0.498. The van der Waals surface area contributed by atoms with Crippen molar-refractivity contribution in [3.05, 3.63) is 64.2 Å². The van der Waals surface area contributed by atoms with Gasteiger partial charge in [0.15, 0.2) is 0 Å². The van der Waals surface area contributed by atoms with Crippen molar-refractivity contribution < 1.29 is 4.74 Å². The van der Waals surface area contributed by atoms with Crippen LogP contribution in [0.1, 0.15) is 67.3 Å². The van der Waals surface area contributed by atoms with Crippen LogP contribution in [0.4, 0.5) is 0 Å². The van der Waals surface area contributed by atoms with E-state index in [1.165, 1.54) is 16.7 Å². The number of hydrogen-bond donors (Lipinski definition) is 1. The topological polar surface area (TPSA) is 45.0 Å². The molecule has 30 heavy (non-hydrogen) atoms. The molecule has 0 aliphatic heterocycles. The Morgan fingerprint density at radius 3 is 2.30 bits per heavy atom. The van der Waals surface area contributed by atoms with E-state index in [4.69, 9.17) is 4.74 Å². The van der Waals surface area contributed by atoms with Crippen LogP contribution in [0.15, 0.2) is 36.4 Å². The van der Waals surface area contributed by atoms with Crippen molar-refractivity contribution in [1.29, 1.82) is 5.26 Å². The lowest BCUT2D eigenvalue weighted by atomic mass is 9.69. The molecule has 0 radical (unpaired) electrons. The Bertz CT molecular complexity index is 881. The van der Waals surface area contributed by atoms with Gasteiger partial charge in [0.1, 0.15) is 5.75 Å². The van der Waals surface area contributed by atoms with Crippen LogP contribution in [-0.4, -0.2) is 20.2 Å². The number of nitriles is 1. The molecule has 0 bridgehead atoms. The van der Waals surface area contributed by atoms with E-state index in [0.29, 0.717) is 5.92 Å². The predicted octanol–water partition coefficient (Wildman–Crippen LogP) is 6.21. The zero-order chi connectivity index (χ0) is 22.3. The number of aryl methyl sites for hydroxylation is 3. The summed E-state index contributed by atoms with van der Waals surface area (Å²) in [6, 6.07) is 15.6. The molecule has 162 valence electrons. The first-order chi connectivity index (χ1) is 14.2. The summed E-state index contributed by atoms with van der Waals surface area (Å²) in [5.41, 5.74) is 5.73. The van der Waals surface area contributed by atoms with Crippen LogP contribution in [-0.2, 0) is 5.41 Å². The van der Waals surface area contributed by atoms with Gasteiger partial charge in [-0.15, -0.1) is 0 Å². The van der Waals surface area contributed by atoms with Gasteiger partial charge in [0.25, 0.3) is 0 Å². The first-order valence-electron chi connectivity index (χ1n) is 11.1. The minimum absolute atomic E-state index is 0.226. The molecular formula is C27H38N2O. The largest absolute Gasteiger partial charge is 0.496 e. The zero-order valence-corrected chi connectivity index (χ0v) is 19.8. The average Bonchev–Trinajstić information content (AvgIpc) is 2.73. The molecular weight excluding hydrogens is 368 g/mol. The number of hydrogen-bond acceptors (Lipinski definition) is 3. The fourth-order valence-electron chi connectivity index (χ4n) is 4.11. The van der Waals surface area contributed by atoms with Crippen LogP contribution in [0.5, 0.6) is 5.75 Å². The number of nitrogens with one attached hydrogen (secondary N) is 1. The second kappa shape index (κ2) is 10.6. The molecule has 0 aliphatic carbocycles. The number of ether oxygens (including phenoxy) is 1. The Balaban J connectivity index is 1.98. The highest BCUT2D eigenvalue weighted by atomic mass is 16.5. The molecule has 2 atom stereocenters. The highest BCUT2D eigenvalue weighted by Crippen LogP contribution is 2.38. The highest BCUT2D eigenvalue weighted by Gasteiger charge is 2.36. The standard InChI is InChI=1S/C27H38N2O/c1-19(2)27(18-28,25-12-10-21(4)26(16-25)30-7)13-8-14-29-17-23(6)24-11-9-20(3)22(5)15-24/h9-12,15-16,19,23,29H,8,13-14,17H2,1-7H3. The van der Waals surface area contributed by atoms with Crippen molar-refractivity contribution in [2.45, 2.75) is 65.7 Å². The molecule has 3 heteroatoms. The molecule has 2 aromatic rings. The van der Waals surface area contributed by atoms with E-state index in [-0.39, 0.29) is 5.92 Å². The lowest BCUT2D eigenvalue weighted by Gasteiger charge is -2.32. The molecule has 2 aromatic carbocycles. The van der Waals surface area contributed by atoms with Gasteiger partial charge in [-0.2, -0.15) is 5.26 Å².